The van der Waals surface area contributed by atoms with Crippen LogP contribution in [0.4, 0.5) is 0 Å². The molecule has 0 unspecified atom stereocenters. The van der Waals surface area contributed by atoms with Crippen molar-refractivity contribution in [2.75, 3.05) is 26.2 Å². The van der Waals surface area contributed by atoms with Gasteiger partial charge in [0, 0.05) is 50.7 Å². The van der Waals surface area contributed by atoms with Crippen molar-refractivity contribution in [2.45, 2.75) is 25.8 Å². The normalized spacial score (nSPS) is 16.4. The van der Waals surface area contributed by atoms with Gasteiger partial charge in [0.2, 0.25) is 0 Å². The Bertz CT molecular complexity index is 1060. The lowest BCUT2D eigenvalue weighted by Gasteiger charge is -2.35. The number of hydrogen-bond donors (Lipinski definition) is 0. The molecule has 5 rings (SSSR count). The summed E-state index contributed by atoms with van der Waals surface area (Å²) in [4.78, 5) is 29.7. The van der Waals surface area contributed by atoms with Gasteiger partial charge in [-0.25, -0.2) is 4.68 Å². The van der Waals surface area contributed by atoms with Crippen LogP contribution in [0.1, 0.15) is 39.3 Å². The number of carbonyl (C=O) groups is 2. The zero-order valence-corrected chi connectivity index (χ0v) is 16.8. The van der Waals surface area contributed by atoms with Crippen LogP contribution in [0.3, 0.4) is 0 Å². The third kappa shape index (κ3) is 3.38. The van der Waals surface area contributed by atoms with E-state index in [-0.39, 0.29) is 11.8 Å². The first-order chi connectivity index (χ1) is 14.7. The van der Waals surface area contributed by atoms with Crippen molar-refractivity contribution in [3.05, 3.63) is 65.7 Å². The Labute approximate surface area is 174 Å². The molecule has 1 saturated heterocycles. The summed E-state index contributed by atoms with van der Waals surface area (Å²) in [6, 6.07) is 9.32. The van der Waals surface area contributed by atoms with Gasteiger partial charge in [0.25, 0.3) is 11.8 Å². The minimum Gasteiger partial charge on any atom is -0.335 e. The second-order valence-corrected chi connectivity index (χ2v) is 7.77. The maximum Gasteiger partial charge on any atom is 0.257 e. The SMILES string of the molecule is O=C(c1cccc(-n2cccn2)c1)N1CCN(C(=O)c2cnn3c2CCCC3)CC1. The van der Waals surface area contributed by atoms with Gasteiger partial charge in [0.1, 0.15) is 0 Å². The molecule has 3 aromatic rings. The van der Waals surface area contributed by atoms with Crippen LogP contribution in [0, 0.1) is 0 Å². The van der Waals surface area contributed by atoms with Crippen LogP contribution in [0.2, 0.25) is 0 Å². The Hall–Kier alpha value is -3.42. The van der Waals surface area contributed by atoms with Gasteiger partial charge in [-0.15, -0.1) is 0 Å². The summed E-state index contributed by atoms with van der Waals surface area (Å²) in [5, 5.41) is 8.61. The molecule has 0 radical (unpaired) electrons. The standard InChI is InChI=1S/C22H24N6O2/c29-21(17-5-3-6-18(15-17)27-10-4-8-23-27)25-11-13-26(14-12-25)22(30)19-16-24-28-9-2-1-7-20(19)28/h3-6,8,10,15-16H,1-2,7,9,11-14H2. The molecule has 154 valence electrons. The number of hydrogen-bond acceptors (Lipinski definition) is 4. The fraction of sp³-hybridized carbons (Fsp3) is 0.364. The molecule has 8 nitrogen and oxygen atoms in total. The number of carbonyl (C=O) groups excluding carboxylic acids is 2. The highest BCUT2D eigenvalue weighted by atomic mass is 16.2. The van der Waals surface area contributed by atoms with Crippen molar-refractivity contribution < 1.29 is 9.59 Å². The van der Waals surface area contributed by atoms with E-state index in [1.807, 2.05) is 51.0 Å². The van der Waals surface area contributed by atoms with E-state index in [9.17, 15) is 9.59 Å². The van der Waals surface area contributed by atoms with Gasteiger partial charge in [-0.05, 0) is 43.5 Å². The lowest BCUT2D eigenvalue weighted by molar-refractivity contribution is 0.0534. The number of fused-ring (bicyclic) bond motifs is 1. The van der Waals surface area contributed by atoms with E-state index in [0.717, 1.165) is 42.8 Å². The Morgan fingerprint density at radius 3 is 2.43 bits per heavy atom. The Morgan fingerprint density at radius 2 is 1.67 bits per heavy atom. The molecule has 8 heteroatoms. The van der Waals surface area contributed by atoms with Crippen LogP contribution < -0.4 is 0 Å². The fourth-order valence-electron chi connectivity index (χ4n) is 4.27. The van der Waals surface area contributed by atoms with Crippen molar-refractivity contribution in [1.29, 1.82) is 0 Å². The number of aryl methyl sites for hydroxylation is 1. The van der Waals surface area contributed by atoms with Crippen LogP contribution in [0.15, 0.2) is 48.9 Å². The van der Waals surface area contributed by atoms with Crippen molar-refractivity contribution >= 4 is 11.8 Å². The molecule has 30 heavy (non-hydrogen) atoms. The van der Waals surface area contributed by atoms with E-state index >= 15 is 0 Å². The summed E-state index contributed by atoms with van der Waals surface area (Å²) in [5.41, 5.74) is 3.26. The molecule has 0 bridgehead atoms. The molecule has 1 aromatic carbocycles. The van der Waals surface area contributed by atoms with Crippen LogP contribution in [0.5, 0.6) is 0 Å². The van der Waals surface area contributed by atoms with Gasteiger partial charge >= 0.3 is 0 Å². The van der Waals surface area contributed by atoms with E-state index in [1.54, 1.807) is 17.1 Å². The molecule has 0 spiro atoms. The monoisotopic (exact) mass is 404 g/mol. The van der Waals surface area contributed by atoms with Crippen LogP contribution in [-0.2, 0) is 13.0 Å². The molecule has 4 heterocycles. The summed E-state index contributed by atoms with van der Waals surface area (Å²) in [7, 11) is 0. The van der Waals surface area contributed by atoms with E-state index in [1.165, 1.54) is 0 Å². The number of amides is 2. The highest BCUT2D eigenvalue weighted by molar-refractivity contribution is 5.96. The Balaban J connectivity index is 1.25. The number of aromatic nitrogens is 4. The van der Waals surface area contributed by atoms with Gasteiger partial charge in [-0.3, -0.25) is 14.3 Å². The predicted molar refractivity (Wildman–Crippen MR) is 111 cm³/mol. The molecular formula is C22H24N6O2. The predicted octanol–water partition coefficient (Wildman–Crippen LogP) is 2.00. The largest absolute Gasteiger partial charge is 0.335 e. The number of rotatable bonds is 3. The average Bonchev–Trinajstić information content (AvgIpc) is 3.49. The third-order valence-electron chi connectivity index (χ3n) is 5.93. The molecule has 0 atom stereocenters. The lowest BCUT2D eigenvalue weighted by Crippen LogP contribution is -2.50. The Morgan fingerprint density at radius 1 is 0.867 bits per heavy atom. The summed E-state index contributed by atoms with van der Waals surface area (Å²) in [6.07, 6.45) is 8.40. The Kier molecular flexibility index (Phi) is 4.82. The van der Waals surface area contributed by atoms with Crippen molar-refractivity contribution in [2.24, 2.45) is 0 Å². The molecule has 0 N–H and O–H groups in total. The van der Waals surface area contributed by atoms with Crippen molar-refractivity contribution in [3.8, 4) is 5.69 Å². The molecule has 1 fully saturated rings. The third-order valence-corrected chi connectivity index (χ3v) is 5.93. The zero-order valence-electron chi connectivity index (χ0n) is 16.8. The first-order valence-corrected chi connectivity index (χ1v) is 10.4. The minimum absolute atomic E-state index is 0.0148. The van der Waals surface area contributed by atoms with Crippen molar-refractivity contribution in [3.63, 3.8) is 0 Å². The molecule has 2 aliphatic rings. The van der Waals surface area contributed by atoms with Crippen LogP contribution >= 0.6 is 0 Å². The van der Waals surface area contributed by atoms with E-state index < -0.39 is 0 Å². The van der Waals surface area contributed by atoms with Crippen LogP contribution in [-0.4, -0.2) is 67.4 Å². The first kappa shape index (κ1) is 18.6. The summed E-state index contributed by atoms with van der Waals surface area (Å²) in [5.74, 6) is 0.0185. The van der Waals surface area contributed by atoms with Gasteiger partial charge in [0.15, 0.2) is 0 Å². The van der Waals surface area contributed by atoms with Gasteiger partial charge in [-0.2, -0.15) is 10.2 Å². The molecular weight excluding hydrogens is 380 g/mol. The molecule has 2 aliphatic heterocycles. The second kappa shape index (κ2) is 7.78. The van der Waals surface area contributed by atoms with Crippen molar-refractivity contribution in [1.82, 2.24) is 29.4 Å². The van der Waals surface area contributed by atoms with Crippen LogP contribution in [0.25, 0.3) is 5.69 Å². The highest BCUT2D eigenvalue weighted by Crippen LogP contribution is 2.21. The molecule has 0 aliphatic carbocycles. The van der Waals surface area contributed by atoms with Gasteiger partial charge in [0.05, 0.1) is 23.1 Å². The molecule has 0 saturated carbocycles. The van der Waals surface area contributed by atoms with Gasteiger partial charge in [-0.1, -0.05) is 6.07 Å². The summed E-state index contributed by atoms with van der Waals surface area (Å²) < 4.78 is 3.70. The highest BCUT2D eigenvalue weighted by Gasteiger charge is 2.28. The summed E-state index contributed by atoms with van der Waals surface area (Å²) >= 11 is 0. The minimum atomic E-state index is -0.0148. The van der Waals surface area contributed by atoms with E-state index in [2.05, 4.69) is 10.2 Å². The topological polar surface area (TPSA) is 76.3 Å². The number of nitrogens with zero attached hydrogens (tertiary/aromatic N) is 6. The average molecular weight is 404 g/mol. The summed E-state index contributed by atoms with van der Waals surface area (Å²) in [6.45, 7) is 3.02. The molecule has 2 amide bonds. The zero-order chi connectivity index (χ0) is 20.5. The first-order valence-electron chi connectivity index (χ1n) is 10.4. The number of piperazine rings is 1. The lowest BCUT2D eigenvalue weighted by atomic mass is 10.1. The molecule has 2 aromatic heterocycles. The van der Waals surface area contributed by atoms with E-state index in [4.69, 9.17) is 0 Å². The quantitative estimate of drug-likeness (QED) is 0.669. The fourth-order valence-corrected chi connectivity index (χ4v) is 4.27. The second-order valence-electron chi connectivity index (χ2n) is 7.77. The smallest absolute Gasteiger partial charge is 0.257 e. The maximum absolute atomic E-state index is 13.0. The number of benzene rings is 1. The maximum atomic E-state index is 13.0. The van der Waals surface area contributed by atoms with Gasteiger partial charge < -0.3 is 9.80 Å². The van der Waals surface area contributed by atoms with E-state index in [0.29, 0.717) is 31.7 Å².